The van der Waals surface area contributed by atoms with Crippen LogP contribution in [0.2, 0.25) is 0 Å². The number of hydrogen-bond donors (Lipinski definition) is 0. The minimum absolute atomic E-state index is 0.170. The first-order valence-corrected chi connectivity index (χ1v) is 8.48. The van der Waals surface area contributed by atoms with Crippen molar-refractivity contribution >= 4 is 5.91 Å². The Balaban J connectivity index is 1.46. The number of aromatic nitrogens is 1. The molecule has 0 unspecified atom stereocenters. The molecule has 0 bridgehead atoms. The number of carbonyl (C=O) groups is 1. The highest BCUT2D eigenvalue weighted by Gasteiger charge is 2.54. The zero-order valence-corrected chi connectivity index (χ0v) is 14.0. The third-order valence-electron chi connectivity index (χ3n) is 4.75. The van der Waals surface area contributed by atoms with Gasteiger partial charge < -0.3 is 14.4 Å². The van der Waals surface area contributed by atoms with E-state index in [9.17, 15) is 4.79 Å². The van der Waals surface area contributed by atoms with Crippen molar-refractivity contribution < 1.29 is 14.3 Å². The van der Waals surface area contributed by atoms with Crippen LogP contribution < -0.4 is 0 Å². The van der Waals surface area contributed by atoms with Gasteiger partial charge in [-0.3, -0.25) is 9.78 Å². The third kappa shape index (κ3) is 3.72. The molecule has 1 spiro atoms. The number of likely N-dealkylation sites (tertiary alicyclic amines) is 1. The maximum absolute atomic E-state index is 12.1. The van der Waals surface area contributed by atoms with Gasteiger partial charge >= 0.3 is 0 Å². The summed E-state index contributed by atoms with van der Waals surface area (Å²) in [4.78, 5) is 18.3. The Morgan fingerprint density at radius 1 is 1.48 bits per heavy atom. The fourth-order valence-electron chi connectivity index (χ4n) is 3.41. The molecule has 5 heteroatoms. The summed E-state index contributed by atoms with van der Waals surface area (Å²) < 4.78 is 11.8. The quantitative estimate of drug-likeness (QED) is 0.807. The summed E-state index contributed by atoms with van der Waals surface area (Å²) in [6, 6.07) is 5.84. The van der Waals surface area contributed by atoms with E-state index in [4.69, 9.17) is 9.47 Å². The standard InChI is InChI=1S/C18H26N2O3/c1-14(2)9-17(21)20-12-18(13-20)15(6-8-23-18)10-22-11-16-5-3-4-7-19-16/h3-5,7,14-15H,6,8-13H2,1-2H3/t15-/m1/s1. The molecule has 2 fully saturated rings. The first-order chi connectivity index (χ1) is 11.1. The molecule has 3 heterocycles. The molecule has 126 valence electrons. The second-order valence-corrected chi connectivity index (χ2v) is 7.08. The Hall–Kier alpha value is -1.46. The number of pyridine rings is 1. The number of hydrogen-bond acceptors (Lipinski definition) is 4. The van der Waals surface area contributed by atoms with Crippen LogP contribution in [0.25, 0.3) is 0 Å². The van der Waals surface area contributed by atoms with Crippen molar-refractivity contribution in [2.45, 2.75) is 38.9 Å². The highest BCUT2D eigenvalue weighted by atomic mass is 16.5. The van der Waals surface area contributed by atoms with Crippen molar-refractivity contribution in [3.05, 3.63) is 30.1 Å². The van der Waals surface area contributed by atoms with Crippen LogP contribution >= 0.6 is 0 Å². The van der Waals surface area contributed by atoms with E-state index in [1.54, 1.807) is 6.20 Å². The lowest BCUT2D eigenvalue weighted by Crippen LogP contribution is -2.66. The van der Waals surface area contributed by atoms with Gasteiger partial charge in [-0.25, -0.2) is 0 Å². The van der Waals surface area contributed by atoms with Gasteiger partial charge in [0.2, 0.25) is 5.91 Å². The zero-order valence-electron chi connectivity index (χ0n) is 14.0. The molecule has 1 aromatic rings. The second kappa shape index (κ2) is 6.97. The van der Waals surface area contributed by atoms with Gasteiger partial charge in [-0.15, -0.1) is 0 Å². The topological polar surface area (TPSA) is 51.7 Å². The summed E-state index contributed by atoms with van der Waals surface area (Å²) in [6.45, 7) is 7.56. The predicted octanol–water partition coefficient (Wildman–Crippen LogP) is 2.26. The normalized spacial score (nSPS) is 22.6. The number of ether oxygens (including phenoxy) is 2. The molecule has 2 aliphatic heterocycles. The third-order valence-corrected chi connectivity index (χ3v) is 4.75. The van der Waals surface area contributed by atoms with Crippen LogP contribution in [0.4, 0.5) is 0 Å². The van der Waals surface area contributed by atoms with E-state index in [0.29, 0.717) is 31.5 Å². The molecule has 0 N–H and O–H groups in total. The molecule has 0 aliphatic carbocycles. The van der Waals surface area contributed by atoms with Crippen molar-refractivity contribution in [3.8, 4) is 0 Å². The van der Waals surface area contributed by atoms with E-state index in [0.717, 1.165) is 31.8 Å². The Morgan fingerprint density at radius 2 is 2.30 bits per heavy atom. The molecule has 1 atom stereocenters. The molecule has 0 aromatic carbocycles. The number of amides is 1. The van der Waals surface area contributed by atoms with E-state index in [-0.39, 0.29) is 11.5 Å². The highest BCUT2D eigenvalue weighted by Crippen LogP contribution is 2.40. The van der Waals surface area contributed by atoms with Gasteiger partial charge in [0.1, 0.15) is 5.60 Å². The van der Waals surface area contributed by atoms with Gasteiger partial charge in [-0.05, 0) is 24.5 Å². The van der Waals surface area contributed by atoms with Crippen molar-refractivity contribution in [2.75, 3.05) is 26.3 Å². The van der Waals surface area contributed by atoms with E-state index in [1.165, 1.54) is 0 Å². The summed E-state index contributed by atoms with van der Waals surface area (Å²) in [5.41, 5.74) is 0.777. The van der Waals surface area contributed by atoms with Crippen LogP contribution in [0.3, 0.4) is 0 Å². The first-order valence-electron chi connectivity index (χ1n) is 8.48. The second-order valence-electron chi connectivity index (χ2n) is 7.08. The molecule has 2 saturated heterocycles. The lowest BCUT2D eigenvalue weighted by molar-refractivity contribution is -0.169. The first kappa shape index (κ1) is 16.4. The average Bonchev–Trinajstić information content (AvgIpc) is 2.90. The Kier molecular flexibility index (Phi) is 4.97. The molecule has 23 heavy (non-hydrogen) atoms. The lowest BCUT2D eigenvalue weighted by atomic mass is 9.81. The minimum Gasteiger partial charge on any atom is -0.375 e. The van der Waals surface area contributed by atoms with Gasteiger partial charge in [0, 0.05) is 25.1 Å². The molecule has 0 saturated carbocycles. The predicted molar refractivity (Wildman–Crippen MR) is 86.7 cm³/mol. The summed E-state index contributed by atoms with van der Waals surface area (Å²) in [7, 11) is 0. The molecule has 2 aliphatic rings. The summed E-state index contributed by atoms with van der Waals surface area (Å²) in [5, 5.41) is 0. The zero-order chi connectivity index (χ0) is 16.3. The fraction of sp³-hybridized carbons (Fsp3) is 0.667. The van der Waals surface area contributed by atoms with E-state index in [2.05, 4.69) is 18.8 Å². The van der Waals surface area contributed by atoms with Crippen LogP contribution in [0, 0.1) is 11.8 Å². The van der Waals surface area contributed by atoms with Crippen LogP contribution in [0.5, 0.6) is 0 Å². The van der Waals surface area contributed by atoms with E-state index in [1.807, 2.05) is 23.1 Å². The molecule has 5 nitrogen and oxygen atoms in total. The van der Waals surface area contributed by atoms with Gasteiger partial charge in [-0.1, -0.05) is 19.9 Å². The van der Waals surface area contributed by atoms with Gasteiger partial charge in [0.15, 0.2) is 0 Å². The van der Waals surface area contributed by atoms with Crippen molar-refractivity contribution in [3.63, 3.8) is 0 Å². The van der Waals surface area contributed by atoms with Crippen LogP contribution in [-0.4, -0.2) is 47.7 Å². The Labute approximate surface area is 138 Å². The molecular weight excluding hydrogens is 292 g/mol. The molecule has 3 rings (SSSR count). The maximum atomic E-state index is 12.1. The summed E-state index contributed by atoms with van der Waals surface area (Å²) >= 11 is 0. The van der Waals surface area contributed by atoms with E-state index < -0.39 is 0 Å². The van der Waals surface area contributed by atoms with Crippen molar-refractivity contribution in [1.29, 1.82) is 0 Å². The monoisotopic (exact) mass is 318 g/mol. The highest BCUT2D eigenvalue weighted by molar-refractivity contribution is 5.77. The van der Waals surface area contributed by atoms with Crippen molar-refractivity contribution in [1.82, 2.24) is 9.88 Å². The van der Waals surface area contributed by atoms with Gasteiger partial charge in [0.05, 0.1) is 32.0 Å². The fourth-order valence-corrected chi connectivity index (χ4v) is 3.41. The van der Waals surface area contributed by atoms with Gasteiger partial charge in [0.25, 0.3) is 0 Å². The number of carbonyl (C=O) groups excluding carboxylic acids is 1. The SMILES string of the molecule is CC(C)CC(=O)N1CC2(C1)OCC[C@@H]2COCc1ccccn1. The number of nitrogens with zero attached hydrogens (tertiary/aromatic N) is 2. The molecular formula is C18H26N2O3. The Morgan fingerprint density at radius 3 is 3.00 bits per heavy atom. The van der Waals surface area contributed by atoms with Gasteiger partial charge in [-0.2, -0.15) is 0 Å². The maximum Gasteiger partial charge on any atom is 0.223 e. The van der Waals surface area contributed by atoms with Crippen LogP contribution in [0.1, 0.15) is 32.4 Å². The summed E-state index contributed by atoms with van der Waals surface area (Å²) in [6.07, 6.45) is 3.41. The van der Waals surface area contributed by atoms with Crippen LogP contribution in [-0.2, 0) is 20.9 Å². The molecule has 1 amide bonds. The average molecular weight is 318 g/mol. The number of rotatable bonds is 6. The molecule has 0 radical (unpaired) electrons. The van der Waals surface area contributed by atoms with E-state index >= 15 is 0 Å². The lowest BCUT2D eigenvalue weighted by Gasteiger charge is -2.50. The minimum atomic E-state index is -0.170. The largest absolute Gasteiger partial charge is 0.375 e. The Bertz CT molecular complexity index is 526. The smallest absolute Gasteiger partial charge is 0.223 e. The summed E-state index contributed by atoms with van der Waals surface area (Å²) in [5.74, 6) is 1.02. The van der Waals surface area contributed by atoms with Crippen LogP contribution in [0.15, 0.2) is 24.4 Å². The molecule has 1 aromatic heterocycles. The van der Waals surface area contributed by atoms with Crippen molar-refractivity contribution in [2.24, 2.45) is 11.8 Å².